The standard InChI is InChI=1S/C20H17ClN2O3/c1-4-5-17-18-19-14(9-15(22-18)20(24)25-3)13-8-12(21)6-7-16(13)23(19)10-11(2)26-17/h4,6-10,17H,1,5H2,2-3H3. The lowest BCUT2D eigenvalue weighted by molar-refractivity contribution is 0.0592. The number of allylic oxidation sites excluding steroid dienone is 1. The molecule has 0 saturated heterocycles. The molecule has 132 valence electrons. The molecule has 0 aliphatic carbocycles. The first-order valence-corrected chi connectivity index (χ1v) is 8.59. The van der Waals surface area contributed by atoms with Gasteiger partial charge in [-0.15, -0.1) is 6.58 Å². The molecule has 3 heterocycles. The Hall–Kier alpha value is -2.79. The predicted molar refractivity (Wildman–Crippen MR) is 102 cm³/mol. The molecule has 0 fully saturated rings. The third kappa shape index (κ3) is 2.47. The summed E-state index contributed by atoms with van der Waals surface area (Å²) in [5.41, 5.74) is 2.80. The molecule has 0 saturated carbocycles. The Morgan fingerprint density at radius 3 is 2.96 bits per heavy atom. The first-order chi connectivity index (χ1) is 12.5. The quantitative estimate of drug-likeness (QED) is 0.477. The van der Waals surface area contributed by atoms with Crippen molar-refractivity contribution < 1.29 is 14.3 Å². The van der Waals surface area contributed by atoms with Crippen LogP contribution in [0, 0.1) is 0 Å². The Balaban J connectivity index is 2.18. The van der Waals surface area contributed by atoms with Crippen molar-refractivity contribution in [2.75, 3.05) is 7.11 Å². The highest BCUT2D eigenvalue weighted by Crippen LogP contribution is 2.39. The fourth-order valence-electron chi connectivity index (χ4n) is 3.44. The van der Waals surface area contributed by atoms with Gasteiger partial charge in [-0.2, -0.15) is 0 Å². The fraction of sp³-hybridized carbons (Fsp3) is 0.200. The van der Waals surface area contributed by atoms with Gasteiger partial charge in [-0.25, -0.2) is 9.78 Å². The summed E-state index contributed by atoms with van der Waals surface area (Å²) in [5.74, 6) is 0.264. The summed E-state index contributed by atoms with van der Waals surface area (Å²) in [6.07, 6.45) is 3.95. The summed E-state index contributed by atoms with van der Waals surface area (Å²) >= 11 is 6.23. The summed E-state index contributed by atoms with van der Waals surface area (Å²) < 4.78 is 13.0. The Morgan fingerprint density at radius 1 is 1.42 bits per heavy atom. The molecule has 0 amide bonds. The molecular weight excluding hydrogens is 352 g/mol. The molecule has 3 aromatic rings. The number of rotatable bonds is 3. The van der Waals surface area contributed by atoms with E-state index in [1.165, 1.54) is 7.11 Å². The molecule has 1 aliphatic heterocycles. The SMILES string of the molecule is C=CCC1OC(C)=Cn2c3ccc(Cl)cc3c3cc(C(=O)OC)nc1c32. The second-order valence-corrected chi connectivity index (χ2v) is 6.62. The first-order valence-electron chi connectivity index (χ1n) is 8.22. The van der Waals surface area contributed by atoms with Crippen molar-refractivity contribution >= 4 is 45.6 Å². The van der Waals surface area contributed by atoms with Gasteiger partial charge in [0.1, 0.15) is 23.3 Å². The molecule has 2 aromatic heterocycles. The van der Waals surface area contributed by atoms with E-state index in [0.29, 0.717) is 17.1 Å². The number of carbonyl (C=O) groups excluding carboxylic acids is 1. The second-order valence-electron chi connectivity index (χ2n) is 6.18. The van der Waals surface area contributed by atoms with Crippen molar-refractivity contribution in [3.63, 3.8) is 0 Å². The van der Waals surface area contributed by atoms with E-state index in [1.807, 2.05) is 35.9 Å². The lowest BCUT2D eigenvalue weighted by Crippen LogP contribution is -2.10. The van der Waals surface area contributed by atoms with Crippen molar-refractivity contribution in [2.45, 2.75) is 19.4 Å². The third-order valence-electron chi connectivity index (χ3n) is 4.49. The monoisotopic (exact) mass is 368 g/mol. The number of methoxy groups -OCH3 is 1. The van der Waals surface area contributed by atoms with Gasteiger partial charge < -0.3 is 14.0 Å². The van der Waals surface area contributed by atoms with Crippen molar-refractivity contribution in [1.29, 1.82) is 0 Å². The van der Waals surface area contributed by atoms with Crippen LogP contribution in [0.4, 0.5) is 0 Å². The molecule has 0 N–H and O–H groups in total. The van der Waals surface area contributed by atoms with E-state index in [4.69, 9.17) is 21.1 Å². The largest absolute Gasteiger partial charge is 0.487 e. The molecule has 1 atom stereocenters. The Bertz CT molecular complexity index is 1100. The zero-order valence-corrected chi connectivity index (χ0v) is 15.2. The number of nitrogens with zero attached hydrogens (tertiary/aromatic N) is 2. The van der Waals surface area contributed by atoms with Crippen LogP contribution in [-0.2, 0) is 9.47 Å². The summed E-state index contributed by atoms with van der Waals surface area (Å²) in [6, 6.07) is 7.45. The van der Waals surface area contributed by atoms with Gasteiger partial charge in [0.05, 0.1) is 18.1 Å². The minimum atomic E-state index is -0.489. The van der Waals surface area contributed by atoms with Crippen LogP contribution in [0.2, 0.25) is 5.02 Å². The van der Waals surface area contributed by atoms with E-state index in [9.17, 15) is 4.79 Å². The van der Waals surface area contributed by atoms with Crippen molar-refractivity contribution in [1.82, 2.24) is 9.55 Å². The van der Waals surface area contributed by atoms with Crippen LogP contribution in [0.5, 0.6) is 0 Å². The molecule has 1 unspecified atom stereocenters. The highest BCUT2D eigenvalue weighted by atomic mass is 35.5. The van der Waals surface area contributed by atoms with E-state index in [-0.39, 0.29) is 11.8 Å². The van der Waals surface area contributed by atoms with Crippen LogP contribution >= 0.6 is 11.6 Å². The third-order valence-corrected chi connectivity index (χ3v) is 4.72. The minimum absolute atomic E-state index is 0.242. The number of ether oxygens (including phenoxy) is 2. The number of hydrogen-bond acceptors (Lipinski definition) is 4. The maximum Gasteiger partial charge on any atom is 0.356 e. The summed E-state index contributed by atoms with van der Waals surface area (Å²) in [5, 5.41) is 2.47. The topological polar surface area (TPSA) is 53.4 Å². The van der Waals surface area contributed by atoms with Gasteiger partial charge in [-0.3, -0.25) is 0 Å². The van der Waals surface area contributed by atoms with Gasteiger partial charge in [-0.05, 0) is 31.2 Å². The highest BCUT2D eigenvalue weighted by Gasteiger charge is 2.27. The Labute approximate surface area is 155 Å². The second kappa shape index (κ2) is 6.18. The number of hydrogen-bond donors (Lipinski definition) is 0. The van der Waals surface area contributed by atoms with E-state index in [0.717, 1.165) is 27.6 Å². The van der Waals surface area contributed by atoms with E-state index < -0.39 is 5.97 Å². The van der Waals surface area contributed by atoms with Gasteiger partial charge in [0.15, 0.2) is 0 Å². The molecule has 1 aliphatic rings. The van der Waals surface area contributed by atoms with Crippen LogP contribution < -0.4 is 0 Å². The molecule has 6 heteroatoms. The lowest BCUT2D eigenvalue weighted by Gasteiger charge is -2.17. The number of carbonyl (C=O) groups is 1. The Kier molecular flexibility index (Phi) is 3.96. The van der Waals surface area contributed by atoms with Crippen molar-refractivity contribution in [3.05, 3.63) is 59.1 Å². The van der Waals surface area contributed by atoms with E-state index in [1.54, 1.807) is 12.1 Å². The number of fused-ring (bicyclic) bond motifs is 3. The smallest absolute Gasteiger partial charge is 0.356 e. The van der Waals surface area contributed by atoms with Crippen LogP contribution in [0.25, 0.3) is 28.0 Å². The number of pyridine rings is 1. The van der Waals surface area contributed by atoms with Gasteiger partial charge in [0.25, 0.3) is 0 Å². The fourth-order valence-corrected chi connectivity index (χ4v) is 3.61. The number of aromatic nitrogens is 2. The highest BCUT2D eigenvalue weighted by molar-refractivity contribution is 6.32. The zero-order valence-electron chi connectivity index (χ0n) is 14.5. The number of halogens is 1. The summed E-state index contributed by atoms with van der Waals surface area (Å²) in [6.45, 7) is 5.71. The van der Waals surface area contributed by atoms with Crippen LogP contribution in [-0.4, -0.2) is 22.6 Å². The summed E-state index contributed by atoms with van der Waals surface area (Å²) in [4.78, 5) is 16.8. The van der Waals surface area contributed by atoms with Gasteiger partial charge in [0.2, 0.25) is 0 Å². The molecule has 0 radical (unpaired) electrons. The summed E-state index contributed by atoms with van der Waals surface area (Å²) in [7, 11) is 1.34. The Morgan fingerprint density at radius 2 is 2.23 bits per heavy atom. The van der Waals surface area contributed by atoms with Crippen molar-refractivity contribution in [2.24, 2.45) is 0 Å². The van der Waals surface area contributed by atoms with E-state index >= 15 is 0 Å². The van der Waals surface area contributed by atoms with E-state index in [2.05, 4.69) is 11.6 Å². The van der Waals surface area contributed by atoms with Gasteiger partial charge in [-0.1, -0.05) is 17.7 Å². The molecular formula is C20H17ClN2O3. The molecule has 26 heavy (non-hydrogen) atoms. The average molecular weight is 369 g/mol. The molecule has 1 aromatic carbocycles. The minimum Gasteiger partial charge on any atom is -0.487 e. The van der Waals surface area contributed by atoms with Gasteiger partial charge in [0, 0.05) is 28.4 Å². The number of esters is 1. The normalized spacial score (nSPS) is 16.1. The molecule has 0 spiro atoms. The van der Waals surface area contributed by atoms with Crippen LogP contribution in [0.15, 0.2) is 42.7 Å². The average Bonchev–Trinajstić information content (AvgIpc) is 2.84. The predicted octanol–water partition coefficient (Wildman–Crippen LogP) is 5.10. The van der Waals surface area contributed by atoms with Crippen LogP contribution in [0.1, 0.15) is 35.6 Å². The molecule has 4 rings (SSSR count). The van der Waals surface area contributed by atoms with Crippen LogP contribution in [0.3, 0.4) is 0 Å². The molecule has 5 nitrogen and oxygen atoms in total. The lowest BCUT2D eigenvalue weighted by atomic mass is 10.1. The van der Waals surface area contributed by atoms with Crippen molar-refractivity contribution in [3.8, 4) is 0 Å². The first kappa shape index (κ1) is 16.7. The maximum atomic E-state index is 12.2. The molecule has 0 bridgehead atoms. The van der Waals surface area contributed by atoms with Gasteiger partial charge >= 0.3 is 5.97 Å². The maximum absolute atomic E-state index is 12.2. The number of benzene rings is 1. The zero-order chi connectivity index (χ0) is 18.4.